The Morgan fingerprint density at radius 2 is 2.12 bits per heavy atom. The van der Waals surface area contributed by atoms with E-state index in [1.54, 1.807) is 10.7 Å². The van der Waals surface area contributed by atoms with E-state index in [0.29, 0.717) is 17.1 Å². The van der Waals surface area contributed by atoms with E-state index in [0.717, 1.165) is 28.2 Å². The fraction of sp³-hybridized carbons (Fsp3) is 0.353. The number of nitrogens with zero attached hydrogens (tertiary/aromatic N) is 4. The van der Waals surface area contributed by atoms with Gasteiger partial charge in [0.25, 0.3) is 5.91 Å². The van der Waals surface area contributed by atoms with E-state index >= 15 is 0 Å². The van der Waals surface area contributed by atoms with E-state index in [-0.39, 0.29) is 5.91 Å². The van der Waals surface area contributed by atoms with Crippen LogP contribution in [0.2, 0.25) is 0 Å². The maximum absolute atomic E-state index is 12.4. The van der Waals surface area contributed by atoms with Crippen molar-refractivity contribution < 1.29 is 9.53 Å². The zero-order valence-electron chi connectivity index (χ0n) is 14.2. The lowest BCUT2D eigenvalue weighted by Crippen LogP contribution is -2.13. The van der Waals surface area contributed by atoms with Gasteiger partial charge in [0.1, 0.15) is 5.75 Å². The molecule has 0 unspecified atom stereocenters. The van der Waals surface area contributed by atoms with Gasteiger partial charge < -0.3 is 9.30 Å². The molecule has 6 nitrogen and oxygen atoms in total. The Balaban J connectivity index is 2.02. The van der Waals surface area contributed by atoms with E-state index in [9.17, 15) is 4.79 Å². The molecule has 1 aromatic carbocycles. The maximum atomic E-state index is 12.4. The average Bonchev–Trinajstić information content (AvgIpc) is 3.08. The van der Waals surface area contributed by atoms with Crippen molar-refractivity contribution in [3.05, 3.63) is 40.5 Å². The molecule has 0 bridgehead atoms. The van der Waals surface area contributed by atoms with Crippen LogP contribution in [-0.4, -0.2) is 26.9 Å². The molecule has 0 N–H and O–H groups in total. The number of ether oxygens (including phenoxy) is 1. The second-order valence-electron chi connectivity index (χ2n) is 5.41. The first-order valence-corrected chi connectivity index (χ1v) is 8.71. The largest absolute Gasteiger partial charge is 0.494 e. The third-order valence-corrected chi connectivity index (χ3v) is 4.88. The van der Waals surface area contributed by atoms with E-state index in [1.165, 1.54) is 11.3 Å². The fourth-order valence-electron chi connectivity index (χ4n) is 2.56. The lowest BCUT2D eigenvalue weighted by Gasteiger charge is -2.02. The molecule has 2 aromatic heterocycles. The number of aromatic nitrogens is 3. The monoisotopic (exact) mass is 344 g/mol. The van der Waals surface area contributed by atoms with Crippen LogP contribution >= 0.6 is 11.3 Å². The number of thiazole rings is 1. The number of carbonyl (C=O) groups excluding carboxylic acids is 1. The summed E-state index contributed by atoms with van der Waals surface area (Å²) in [6.07, 6.45) is 0. The standard InChI is InChI=1S/C17H20N4O2S/c1-5-21-11(3)9-13(19-21)16(22)18-17-20(4)14-8-7-12(23-6-2)10-15(14)24-17/h7-10H,5-6H2,1-4H3. The van der Waals surface area contributed by atoms with Crippen LogP contribution in [0.5, 0.6) is 5.75 Å². The first kappa shape index (κ1) is 16.4. The van der Waals surface area contributed by atoms with Crippen molar-refractivity contribution in [2.24, 2.45) is 12.0 Å². The van der Waals surface area contributed by atoms with Gasteiger partial charge in [-0.05, 0) is 45.0 Å². The summed E-state index contributed by atoms with van der Waals surface area (Å²) in [7, 11) is 1.90. The summed E-state index contributed by atoms with van der Waals surface area (Å²) in [6, 6.07) is 7.66. The minimum Gasteiger partial charge on any atom is -0.494 e. The highest BCUT2D eigenvalue weighted by molar-refractivity contribution is 7.16. The molecule has 0 saturated heterocycles. The van der Waals surface area contributed by atoms with Crippen molar-refractivity contribution >= 4 is 27.5 Å². The van der Waals surface area contributed by atoms with Gasteiger partial charge >= 0.3 is 0 Å². The van der Waals surface area contributed by atoms with Crippen molar-refractivity contribution in [3.63, 3.8) is 0 Å². The zero-order chi connectivity index (χ0) is 17.3. The number of rotatable bonds is 4. The van der Waals surface area contributed by atoms with Crippen LogP contribution in [0.1, 0.15) is 30.0 Å². The van der Waals surface area contributed by atoms with Crippen LogP contribution in [0, 0.1) is 6.92 Å². The van der Waals surface area contributed by atoms with E-state index < -0.39 is 0 Å². The Bertz CT molecular complexity index is 965. The summed E-state index contributed by atoms with van der Waals surface area (Å²) < 4.78 is 10.3. The van der Waals surface area contributed by atoms with Gasteiger partial charge in [0.2, 0.25) is 0 Å². The molecule has 126 valence electrons. The Kier molecular flexibility index (Phi) is 4.53. The quantitative estimate of drug-likeness (QED) is 0.731. The van der Waals surface area contributed by atoms with Gasteiger partial charge in [-0.25, -0.2) is 0 Å². The van der Waals surface area contributed by atoms with E-state index in [4.69, 9.17) is 4.74 Å². The Morgan fingerprint density at radius 1 is 1.33 bits per heavy atom. The highest BCUT2D eigenvalue weighted by atomic mass is 32.1. The number of hydrogen-bond donors (Lipinski definition) is 0. The third-order valence-electron chi connectivity index (χ3n) is 3.79. The molecule has 0 aliphatic heterocycles. The summed E-state index contributed by atoms with van der Waals surface area (Å²) in [5.74, 6) is 0.500. The van der Waals surface area contributed by atoms with Gasteiger partial charge in [0.05, 0.1) is 16.8 Å². The molecule has 0 fully saturated rings. The molecule has 24 heavy (non-hydrogen) atoms. The normalized spacial score (nSPS) is 12.1. The van der Waals surface area contributed by atoms with Crippen LogP contribution in [-0.2, 0) is 13.6 Å². The second-order valence-corrected chi connectivity index (χ2v) is 6.42. The fourth-order valence-corrected chi connectivity index (χ4v) is 3.60. The van der Waals surface area contributed by atoms with Crippen molar-refractivity contribution in [1.82, 2.24) is 14.3 Å². The number of fused-ring (bicyclic) bond motifs is 1. The van der Waals surface area contributed by atoms with Crippen molar-refractivity contribution in [1.29, 1.82) is 0 Å². The Morgan fingerprint density at radius 3 is 2.79 bits per heavy atom. The molecule has 3 rings (SSSR count). The minimum absolute atomic E-state index is 0.322. The molecule has 0 aliphatic carbocycles. The van der Waals surface area contributed by atoms with Gasteiger partial charge in [0.15, 0.2) is 10.5 Å². The summed E-state index contributed by atoms with van der Waals surface area (Å²) in [5, 5.41) is 4.30. The summed E-state index contributed by atoms with van der Waals surface area (Å²) in [4.78, 5) is 17.3. The summed E-state index contributed by atoms with van der Waals surface area (Å²) in [5.41, 5.74) is 2.35. The van der Waals surface area contributed by atoms with Gasteiger partial charge in [-0.2, -0.15) is 10.1 Å². The highest BCUT2D eigenvalue weighted by Gasteiger charge is 2.12. The molecular formula is C17H20N4O2S. The van der Waals surface area contributed by atoms with Gasteiger partial charge in [-0.1, -0.05) is 11.3 Å². The summed E-state index contributed by atoms with van der Waals surface area (Å²) in [6.45, 7) is 7.24. The van der Waals surface area contributed by atoms with E-state index in [2.05, 4.69) is 10.1 Å². The average molecular weight is 344 g/mol. The highest BCUT2D eigenvalue weighted by Crippen LogP contribution is 2.22. The van der Waals surface area contributed by atoms with Crippen molar-refractivity contribution in [2.75, 3.05) is 6.61 Å². The molecule has 0 radical (unpaired) electrons. The van der Waals surface area contributed by atoms with Crippen LogP contribution in [0.4, 0.5) is 0 Å². The summed E-state index contributed by atoms with van der Waals surface area (Å²) >= 11 is 1.46. The van der Waals surface area contributed by atoms with Crippen LogP contribution in [0.25, 0.3) is 10.2 Å². The SMILES string of the molecule is CCOc1ccc2c(c1)sc(=NC(=O)c1cc(C)n(CC)n1)n2C. The molecule has 0 aliphatic rings. The molecule has 3 aromatic rings. The smallest absolute Gasteiger partial charge is 0.300 e. The molecule has 0 saturated carbocycles. The van der Waals surface area contributed by atoms with Gasteiger partial charge in [-0.15, -0.1) is 0 Å². The zero-order valence-corrected chi connectivity index (χ0v) is 15.1. The second kappa shape index (κ2) is 6.60. The van der Waals surface area contributed by atoms with E-state index in [1.807, 2.05) is 50.6 Å². The molecule has 7 heteroatoms. The number of aryl methyl sites for hydroxylation is 3. The predicted molar refractivity (Wildman–Crippen MR) is 94.5 cm³/mol. The number of benzene rings is 1. The van der Waals surface area contributed by atoms with Crippen LogP contribution in [0.15, 0.2) is 29.3 Å². The lowest BCUT2D eigenvalue weighted by molar-refractivity contribution is 0.0992. The third kappa shape index (κ3) is 2.99. The van der Waals surface area contributed by atoms with Crippen molar-refractivity contribution in [3.8, 4) is 5.75 Å². The number of hydrogen-bond acceptors (Lipinski definition) is 4. The van der Waals surface area contributed by atoms with Crippen LogP contribution < -0.4 is 9.54 Å². The molecule has 1 amide bonds. The van der Waals surface area contributed by atoms with Gasteiger partial charge in [0, 0.05) is 19.3 Å². The first-order valence-electron chi connectivity index (χ1n) is 7.89. The molecular weight excluding hydrogens is 324 g/mol. The minimum atomic E-state index is -0.322. The number of carbonyl (C=O) groups is 1. The lowest BCUT2D eigenvalue weighted by atomic mass is 10.3. The molecule has 0 spiro atoms. The predicted octanol–water partition coefficient (Wildman–Crippen LogP) is 2.90. The maximum Gasteiger partial charge on any atom is 0.300 e. The van der Waals surface area contributed by atoms with Gasteiger partial charge in [-0.3, -0.25) is 9.48 Å². The molecule has 0 atom stereocenters. The number of amides is 1. The Hall–Kier alpha value is -2.41. The molecule has 2 heterocycles. The first-order chi connectivity index (χ1) is 11.5. The van der Waals surface area contributed by atoms with Crippen molar-refractivity contribution in [2.45, 2.75) is 27.3 Å². The Labute approximate surface area is 144 Å². The van der Waals surface area contributed by atoms with Crippen LogP contribution in [0.3, 0.4) is 0 Å². The topological polar surface area (TPSA) is 61.4 Å².